The lowest BCUT2D eigenvalue weighted by Crippen LogP contribution is -2.06. The number of nitrogens with zero attached hydrogens (tertiary/aromatic N) is 2. The second-order valence-corrected chi connectivity index (χ2v) is 16.4. The monoisotopic (exact) mass is 761 g/mol. The van der Waals surface area contributed by atoms with Gasteiger partial charge in [-0.2, -0.15) is 0 Å². The first kappa shape index (κ1) is 37.1. The third-order valence-electron chi connectivity index (χ3n) is 9.44. The van der Waals surface area contributed by atoms with Gasteiger partial charge in [-0.3, -0.25) is 14.1 Å². The summed E-state index contributed by atoms with van der Waals surface area (Å²) in [6, 6.07) is 31.8. The Kier molecular flexibility index (Phi) is 10.00. The summed E-state index contributed by atoms with van der Waals surface area (Å²) in [6.45, 7) is 3.73. The number of rotatable bonds is 10. The van der Waals surface area contributed by atoms with Crippen molar-refractivity contribution in [2.75, 3.05) is 7.11 Å². The molecule has 0 radical (unpaired) electrons. The largest absolute Gasteiger partial charge is 0.496 e. The molecule has 1 aliphatic rings. The van der Waals surface area contributed by atoms with Crippen LogP contribution in [0, 0.1) is 13.8 Å². The Hall–Kier alpha value is -5.22. The Balaban J connectivity index is 1.34. The maximum Gasteiger partial charge on any atom is 0.356 e. The van der Waals surface area contributed by atoms with Gasteiger partial charge in [0.15, 0.2) is 0 Å². The first-order chi connectivity index (χ1) is 25.7. The Morgan fingerprint density at radius 1 is 0.685 bits per heavy atom. The molecule has 0 aliphatic carbocycles. The van der Waals surface area contributed by atoms with Crippen molar-refractivity contribution in [2.45, 2.75) is 26.9 Å². The zero-order chi connectivity index (χ0) is 38.4. The molecule has 0 saturated carbocycles. The van der Waals surface area contributed by atoms with Gasteiger partial charge >= 0.3 is 15.2 Å². The van der Waals surface area contributed by atoms with Gasteiger partial charge in [-0.05, 0) is 66.9 Å². The van der Waals surface area contributed by atoms with Crippen molar-refractivity contribution in [3.05, 3.63) is 143 Å². The second-order valence-electron chi connectivity index (χ2n) is 13.2. The molecule has 0 unspecified atom stereocenters. The van der Waals surface area contributed by atoms with Crippen molar-refractivity contribution in [3.8, 4) is 39.7 Å². The van der Waals surface area contributed by atoms with E-state index in [9.17, 15) is 33.8 Å². The highest BCUT2D eigenvalue weighted by Crippen LogP contribution is 2.43. The van der Waals surface area contributed by atoms with Gasteiger partial charge in [0.05, 0.1) is 52.7 Å². The molecule has 5 aromatic carbocycles. The lowest BCUT2D eigenvalue weighted by molar-refractivity contribution is 0.281. The molecule has 0 amide bonds. The van der Waals surface area contributed by atoms with Gasteiger partial charge in [-0.1, -0.05) is 83.9 Å². The molecule has 2 heterocycles. The molecule has 1 aliphatic heterocycles. The van der Waals surface area contributed by atoms with E-state index < -0.39 is 15.2 Å². The first-order valence-electron chi connectivity index (χ1n) is 16.9. The molecule has 13 heteroatoms. The van der Waals surface area contributed by atoms with Crippen LogP contribution in [0.5, 0.6) is 5.75 Å². The third kappa shape index (κ3) is 7.44. The van der Waals surface area contributed by atoms with Crippen molar-refractivity contribution in [1.29, 1.82) is 0 Å². The van der Waals surface area contributed by atoms with Crippen LogP contribution in [-0.2, 0) is 15.7 Å². The molecule has 0 atom stereocenters. The topological polar surface area (TPSA) is 186 Å². The number of aliphatic imine (C=N–C) groups is 1. The quantitative estimate of drug-likeness (QED) is 0.0809. The maximum absolute atomic E-state index is 11.9. The molecule has 0 saturated heterocycles. The predicted molar refractivity (Wildman–Crippen MR) is 211 cm³/mol. The zero-order valence-corrected chi connectivity index (χ0v) is 31.3. The molecular formula is C41H37N3O8P2. The molecular weight excluding hydrogens is 724 g/mol. The smallest absolute Gasteiger partial charge is 0.356 e. The van der Waals surface area contributed by atoms with E-state index >= 15 is 0 Å². The lowest BCUT2D eigenvalue weighted by Gasteiger charge is -2.14. The summed E-state index contributed by atoms with van der Waals surface area (Å²) < 4.78 is 29.8. The highest BCUT2D eigenvalue weighted by molar-refractivity contribution is 7.60. The van der Waals surface area contributed by atoms with E-state index in [-0.39, 0.29) is 23.6 Å². The Morgan fingerprint density at radius 3 is 1.72 bits per heavy atom. The highest BCUT2D eigenvalue weighted by atomic mass is 31.2. The number of aliphatic hydroxyl groups is 1. The fourth-order valence-corrected chi connectivity index (χ4v) is 7.60. The Bertz CT molecular complexity index is 2470. The van der Waals surface area contributed by atoms with Crippen LogP contribution in [-0.4, -0.2) is 47.5 Å². The summed E-state index contributed by atoms with van der Waals surface area (Å²) in [6.07, 6.45) is 0.274. The number of methoxy groups -OCH3 is 1. The van der Waals surface area contributed by atoms with Crippen LogP contribution in [0.4, 0.5) is 0 Å². The van der Waals surface area contributed by atoms with Gasteiger partial charge < -0.3 is 34.4 Å². The van der Waals surface area contributed by atoms with Gasteiger partial charge in [0.1, 0.15) is 11.6 Å². The number of aliphatic hydroxyl groups excluding tert-OH is 1. The van der Waals surface area contributed by atoms with Gasteiger partial charge in [-0.25, -0.2) is 4.98 Å². The van der Waals surface area contributed by atoms with Crippen molar-refractivity contribution < 1.29 is 38.5 Å². The number of allylic oxidation sites excluding steroid dienone is 1. The number of benzene rings is 5. The zero-order valence-electron chi connectivity index (χ0n) is 29.6. The highest BCUT2D eigenvalue weighted by Gasteiger charge is 2.27. The minimum atomic E-state index is -4.49. The van der Waals surface area contributed by atoms with Crippen molar-refractivity contribution in [3.63, 3.8) is 0 Å². The van der Waals surface area contributed by atoms with Gasteiger partial charge in [0.25, 0.3) is 0 Å². The number of aromatic amines is 1. The normalized spacial score (nSPS) is 13.4. The molecule has 0 bridgehead atoms. The molecule has 7 rings (SSSR count). The summed E-state index contributed by atoms with van der Waals surface area (Å²) >= 11 is 0. The number of aromatic nitrogens is 2. The number of nitrogens with one attached hydrogen (secondary N) is 1. The fraction of sp³-hybridized carbons (Fsp3) is 0.122. The van der Waals surface area contributed by atoms with E-state index in [2.05, 4.69) is 4.98 Å². The van der Waals surface area contributed by atoms with Gasteiger partial charge in [0.2, 0.25) is 0 Å². The van der Waals surface area contributed by atoms with E-state index in [4.69, 9.17) is 14.7 Å². The summed E-state index contributed by atoms with van der Waals surface area (Å²) in [5, 5.41) is 10.5. The number of ether oxygens (including phenoxy) is 1. The molecule has 6 N–H and O–H groups in total. The minimum Gasteiger partial charge on any atom is -0.496 e. The predicted octanol–water partition coefficient (Wildman–Crippen LogP) is 6.90. The average molecular weight is 762 g/mol. The molecule has 0 spiro atoms. The van der Waals surface area contributed by atoms with Crippen LogP contribution in [0.25, 0.3) is 45.2 Å². The number of imidazole rings is 1. The molecule has 6 aromatic rings. The lowest BCUT2D eigenvalue weighted by atomic mass is 9.93. The average Bonchev–Trinajstić information content (AvgIpc) is 3.80. The number of hydrogen-bond donors (Lipinski definition) is 6. The van der Waals surface area contributed by atoms with E-state index in [1.54, 1.807) is 31.4 Å². The SMILES string of the molecule is COc1cc(C2=NC(c3ccc(P(=O)(O)O)cc3)=C(c3ccc(P(=O)(O)O)cc3)C2)c(CO)cc1-c1nc(-c2ccc(C)cc2)c(-c2ccc(C)cc2)[nH]1. The van der Waals surface area contributed by atoms with Crippen molar-refractivity contribution in [2.24, 2.45) is 4.99 Å². The molecule has 274 valence electrons. The molecule has 0 fully saturated rings. The van der Waals surface area contributed by atoms with E-state index in [0.717, 1.165) is 39.2 Å². The van der Waals surface area contributed by atoms with Crippen LogP contribution in [0.3, 0.4) is 0 Å². The number of H-pyrrole nitrogens is 1. The second kappa shape index (κ2) is 14.5. The van der Waals surface area contributed by atoms with Crippen molar-refractivity contribution >= 4 is 42.8 Å². The number of aryl methyl sites for hydroxylation is 2. The van der Waals surface area contributed by atoms with Crippen LogP contribution < -0.4 is 15.3 Å². The molecule has 54 heavy (non-hydrogen) atoms. The van der Waals surface area contributed by atoms with E-state index in [1.807, 2.05) is 74.5 Å². The summed E-state index contributed by atoms with van der Waals surface area (Å²) in [4.78, 5) is 52.4. The number of hydrogen-bond acceptors (Lipinski definition) is 6. The van der Waals surface area contributed by atoms with Crippen molar-refractivity contribution in [1.82, 2.24) is 9.97 Å². The third-order valence-corrected chi connectivity index (χ3v) is 11.4. The van der Waals surface area contributed by atoms with Crippen LogP contribution in [0.2, 0.25) is 0 Å². The standard InChI is InChI=1S/C41H37N3O8P2/c1-24-4-8-28(9-5-24)39-40(29-10-6-25(2)7-11-29)44-41(43-39)35-20-30(23-45)33(22-37(35)52-3)36-21-34(26-12-16-31(17-13-26)53(46,47)48)38(42-36)27-14-18-32(19-15-27)54(49,50)51/h4-20,22,45H,21,23H2,1-3H3,(H,43,44)(H2,46,47,48)(H2,49,50,51). The Labute approximate surface area is 311 Å². The van der Waals surface area contributed by atoms with Crippen LogP contribution in [0.1, 0.15) is 39.8 Å². The van der Waals surface area contributed by atoms with Gasteiger partial charge in [-0.15, -0.1) is 0 Å². The summed E-state index contributed by atoms with van der Waals surface area (Å²) in [5.41, 5.74) is 10.6. The van der Waals surface area contributed by atoms with Crippen LogP contribution >= 0.6 is 15.2 Å². The summed E-state index contributed by atoms with van der Waals surface area (Å²) in [5.74, 6) is 1.03. The van der Waals surface area contributed by atoms with Gasteiger partial charge in [0, 0.05) is 28.7 Å². The first-order valence-corrected chi connectivity index (χ1v) is 20.2. The maximum atomic E-state index is 11.9. The summed E-state index contributed by atoms with van der Waals surface area (Å²) in [7, 11) is -7.42. The fourth-order valence-electron chi connectivity index (χ4n) is 6.52. The minimum absolute atomic E-state index is 0.129. The molecule has 11 nitrogen and oxygen atoms in total. The molecule has 1 aromatic heterocycles. The van der Waals surface area contributed by atoms with E-state index in [1.165, 1.54) is 24.3 Å². The van der Waals surface area contributed by atoms with Crippen LogP contribution in [0.15, 0.2) is 114 Å². The van der Waals surface area contributed by atoms with E-state index in [0.29, 0.717) is 50.8 Å². The Morgan fingerprint density at radius 2 is 1.20 bits per heavy atom.